The molecule has 0 spiro atoms. The van der Waals surface area contributed by atoms with Crippen LogP contribution in [0.4, 0.5) is 0 Å². The van der Waals surface area contributed by atoms with Crippen molar-refractivity contribution in [2.75, 3.05) is 13.1 Å². The number of carbonyl (C=O) groups excluding carboxylic acids is 1. The molecular formula is C12H23N4OP. The standard InChI is InChI=1S/C12H23N4OP/c1-3-9(2)11(15-18)12(17)14-7-10-5-4-6-16(10)8-13/h9-11,15H,3-7,18H2,1-2H3,(H,14,17)/t9-,10?,11-/m0/s1. The van der Waals surface area contributed by atoms with Gasteiger partial charge in [0.05, 0.1) is 12.1 Å². The van der Waals surface area contributed by atoms with Crippen LogP contribution in [0, 0.1) is 17.4 Å². The molecule has 0 aromatic carbocycles. The second kappa shape index (κ2) is 7.56. The van der Waals surface area contributed by atoms with Crippen LogP contribution in [0.25, 0.3) is 0 Å². The van der Waals surface area contributed by atoms with Gasteiger partial charge in [0.25, 0.3) is 0 Å². The van der Waals surface area contributed by atoms with Gasteiger partial charge in [-0.3, -0.25) is 9.88 Å². The van der Waals surface area contributed by atoms with Gasteiger partial charge >= 0.3 is 0 Å². The smallest absolute Gasteiger partial charge is 0.237 e. The van der Waals surface area contributed by atoms with Crippen LogP contribution in [0.15, 0.2) is 0 Å². The molecule has 1 aliphatic heterocycles. The summed E-state index contributed by atoms with van der Waals surface area (Å²) in [5, 5.41) is 14.9. The summed E-state index contributed by atoms with van der Waals surface area (Å²) in [6, 6.07) is -0.0158. The number of hydrogen-bond donors (Lipinski definition) is 2. The lowest BCUT2D eigenvalue weighted by Gasteiger charge is -2.24. The van der Waals surface area contributed by atoms with Crippen molar-refractivity contribution in [1.82, 2.24) is 15.3 Å². The highest BCUT2D eigenvalue weighted by molar-refractivity contribution is 7.13. The lowest BCUT2D eigenvalue weighted by Crippen LogP contribution is -2.47. The summed E-state index contributed by atoms with van der Waals surface area (Å²) in [6.45, 7) is 5.50. The van der Waals surface area contributed by atoms with E-state index in [4.69, 9.17) is 5.26 Å². The molecule has 1 rings (SSSR count). The van der Waals surface area contributed by atoms with E-state index >= 15 is 0 Å². The zero-order chi connectivity index (χ0) is 13.5. The predicted octanol–water partition coefficient (Wildman–Crippen LogP) is 0.842. The van der Waals surface area contributed by atoms with Gasteiger partial charge in [-0.05, 0) is 18.8 Å². The third kappa shape index (κ3) is 3.83. The molecule has 0 saturated carbocycles. The van der Waals surface area contributed by atoms with Crippen molar-refractivity contribution in [3.63, 3.8) is 0 Å². The van der Waals surface area contributed by atoms with Crippen molar-refractivity contribution in [2.45, 2.75) is 45.2 Å². The first kappa shape index (κ1) is 15.2. The van der Waals surface area contributed by atoms with E-state index in [0.717, 1.165) is 25.8 Å². The molecule has 0 bridgehead atoms. The Kier molecular flexibility index (Phi) is 6.38. The fourth-order valence-electron chi connectivity index (χ4n) is 2.24. The topological polar surface area (TPSA) is 68.2 Å². The largest absolute Gasteiger partial charge is 0.353 e. The Hall–Kier alpha value is -0.850. The fourth-order valence-corrected chi connectivity index (χ4v) is 2.72. The third-order valence-electron chi connectivity index (χ3n) is 3.69. The Bertz CT molecular complexity index is 318. The SMILES string of the molecule is CC[C@H](C)[C@H](NP)C(=O)NCC1CCCN1C#N. The molecule has 5 nitrogen and oxygen atoms in total. The van der Waals surface area contributed by atoms with Crippen LogP contribution in [-0.2, 0) is 4.79 Å². The van der Waals surface area contributed by atoms with E-state index in [9.17, 15) is 4.79 Å². The first-order valence-corrected chi connectivity index (χ1v) is 7.12. The first-order valence-electron chi connectivity index (χ1n) is 6.54. The third-order valence-corrected chi connectivity index (χ3v) is 4.05. The Morgan fingerprint density at radius 1 is 1.67 bits per heavy atom. The minimum Gasteiger partial charge on any atom is -0.353 e. The number of nitrogens with zero attached hydrogens (tertiary/aromatic N) is 2. The van der Waals surface area contributed by atoms with Crippen LogP contribution in [0.2, 0.25) is 0 Å². The normalized spacial score (nSPS) is 22.3. The minimum absolute atomic E-state index is 0.0177. The van der Waals surface area contributed by atoms with Crippen molar-refractivity contribution < 1.29 is 4.79 Å². The minimum atomic E-state index is -0.183. The van der Waals surface area contributed by atoms with Crippen LogP contribution < -0.4 is 10.4 Å². The number of likely N-dealkylation sites (tertiary alicyclic amines) is 1. The molecule has 18 heavy (non-hydrogen) atoms. The van der Waals surface area contributed by atoms with E-state index in [0.29, 0.717) is 6.54 Å². The number of nitrogens with one attached hydrogen (secondary N) is 2. The monoisotopic (exact) mass is 270 g/mol. The molecular weight excluding hydrogens is 247 g/mol. The number of rotatable bonds is 6. The molecule has 102 valence electrons. The van der Waals surface area contributed by atoms with E-state index in [2.05, 4.69) is 39.8 Å². The van der Waals surface area contributed by atoms with Crippen LogP contribution in [-0.4, -0.2) is 36.0 Å². The Balaban J connectivity index is 2.42. The highest BCUT2D eigenvalue weighted by atomic mass is 31.0. The highest BCUT2D eigenvalue weighted by Crippen LogP contribution is 2.15. The van der Waals surface area contributed by atoms with Gasteiger partial charge < -0.3 is 10.2 Å². The fraction of sp³-hybridized carbons (Fsp3) is 0.833. The number of amides is 1. The zero-order valence-corrected chi connectivity index (χ0v) is 12.3. The van der Waals surface area contributed by atoms with Gasteiger partial charge in [-0.15, -0.1) is 0 Å². The van der Waals surface area contributed by atoms with Crippen molar-refractivity contribution in [3.05, 3.63) is 0 Å². The molecule has 1 saturated heterocycles. The number of carbonyl (C=O) groups is 1. The van der Waals surface area contributed by atoms with Gasteiger partial charge in [0.15, 0.2) is 6.19 Å². The molecule has 0 aromatic heterocycles. The van der Waals surface area contributed by atoms with Gasteiger partial charge in [0, 0.05) is 13.1 Å². The summed E-state index contributed by atoms with van der Waals surface area (Å²) in [6.07, 6.45) is 5.14. The van der Waals surface area contributed by atoms with Gasteiger partial charge in [-0.25, -0.2) is 0 Å². The van der Waals surface area contributed by atoms with Gasteiger partial charge in [0.1, 0.15) is 0 Å². The number of nitriles is 1. The summed E-state index contributed by atoms with van der Waals surface area (Å²) in [5.74, 6) is 0.308. The molecule has 1 aliphatic rings. The van der Waals surface area contributed by atoms with Crippen molar-refractivity contribution in [1.29, 1.82) is 5.26 Å². The first-order chi connectivity index (χ1) is 8.63. The molecule has 2 unspecified atom stereocenters. The maximum absolute atomic E-state index is 12.0. The van der Waals surface area contributed by atoms with Crippen LogP contribution in [0.3, 0.4) is 0 Å². The Morgan fingerprint density at radius 3 is 2.94 bits per heavy atom. The van der Waals surface area contributed by atoms with E-state index in [-0.39, 0.29) is 23.9 Å². The number of hydrogen-bond acceptors (Lipinski definition) is 4. The summed E-state index contributed by atoms with van der Waals surface area (Å²) in [4.78, 5) is 13.8. The Morgan fingerprint density at radius 2 is 2.39 bits per heavy atom. The van der Waals surface area contributed by atoms with Crippen molar-refractivity contribution in [2.24, 2.45) is 5.92 Å². The van der Waals surface area contributed by atoms with Crippen LogP contribution >= 0.6 is 9.39 Å². The highest BCUT2D eigenvalue weighted by Gasteiger charge is 2.26. The maximum Gasteiger partial charge on any atom is 0.237 e. The van der Waals surface area contributed by atoms with E-state index in [1.807, 2.05) is 0 Å². The molecule has 1 heterocycles. The summed E-state index contributed by atoms with van der Waals surface area (Å²) in [5.41, 5.74) is 0. The van der Waals surface area contributed by atoms with Crippen molar-refractivity contribution in [3.8, 4) is 6.19 Å². The molecule has 1 fully saturated rings. The van der Waals surface area contributed by atoms with Gasteiger partial charge in [-0.2, -0.15) is 5.26 Å². The quantitative estimate of drug-likeness (QED) is 0.554. The molecule has 6 heteroatoms. The molecule has 4 atom stereocenters. The second-order valence-electron chi connectivity index (χ2n) is 4.86. The van der Waals surface area contributed by atoms with E-state index < -0.39 is 0 Å². The maximum atomic E-state index is 12.0. The molecule has 1 amide bonds. The van der Waals surface area contributed by atoms with Crippen LogP contribution in [0.1, 0.15) is 33.1 Å². The average Bonchev–Trinajstić information content (AvgIpc) is 2.84. The molecule has 0 aliphatic carbocycles. The molecule has 2 N–H and O–H groups in total. The zero-order valence-electron chi connectivity index (χ0n) is 11.1. The predicted molar refractivity (Wildman–Crippen MR) is 74.4 cm³/mol. The lowest BCUT2D eigenvalue weighted by molar-refractivity contribution is -0.123. The van der Waals surface area contributed by atoms with Gasteiger partial charge in [-0.1, -0.05) is 29.7 Å². The van der Waals surface area contributed by atoms with Crippen molar-refractivity contribution >= 4 is 15.3 Å². The van der Waals surface area contributed by atoms with E-state index in [1.54, 1.807) is 4.90 Å². The van der Waals surface area contributed by atoms with Gasteiger partial charge in [0.2, 0.25) is 5.91 Å². The van der Waals surface area contributed by atoms with E-state index in [1.165, 1.54) is 0 Å². The van der Waals surface area contributed by atoms with Crippen LogP contribution in [0.5, 0.6) is 0 Å². The summed E-state index contributed by atoms with van der Waals surface area (Å²) < 4.78 is 0. The molecule has 0 radical (unpaired) electrons. The summed E-state index contributed by atoms with van der Waals surface area (Å²) in [7, 11) is 2.41. The lowest BCUT2D eigenvalue weighted by atomic mass is 9.99. The second-order valence-corrected chi connectivity index (χ2v) is 5.20. The Labute approximate surface area is 112 Å². The summed E-state index contributed by atoms with van der Waals surface area (Å²) >= 11 is 0. The molecule has 0 aromatic rings. The average molecular weight is 270 g/mol.